The van der Waals surface area contributed by atoms with Crippen LogP contribution in [0.1, 0.15) is 0 Å². The molecule has 2 aromatic heterocycles. The summed E-state index contributed by atoms with van der Waals surface area (Å²) in [6.07, 6.45) is 0. The van der Waals surface area contributed by atoms with Gasteiger partial charge in [0.25, 0.3) is 0 Å². The van der Waals surface area contributed by atoms with Crippen molar-refractivity contribution in [2.75, 3.05) is 4.90 Å². The third-order valence-electron chi connectivity index (χ3n) is 10.5. The highest BCUT2D eigenvalue weighted by molar-refractivity contribution is 7.22. The number of hydrogen-bond acceptors (Lipinski definition) is 5. The molecule has 0 aliphatic heterocycles. The van der Waals surface area contributed by atoms with Gasteiger partial charge in [-0.2, -0.15) is 0 Å². The number of hydrogen-bond donors (Lipinski definition) is 0. The molecule has 0 fully saturated rings. The Kier molecular flexibility index (Phi) is 7.54. The van der Waals surface area contributed by atoms with Crippen molar-refractivity contribution in [3.05, 3.63) is 188 Å². The maximum Gasteiger partial charge on any atom is 0.124 e. The van der Waals surface area contributed by atoms with Crippen molar-refractivity contribution in [2.45, 2.75) is 0 Å². The van der Waals surface area contributed by atoms with Crippen LogP contribution < -0.4 is 4.90 Å². The Hall–Kier alpha value is -6.66. The number of rotatable bonds is 6. The summed E-state index contributed by atoms with van der Waals surface area (Å²) in [5.41, 5.74) is 9.99. The molecule has 11 aromatic rings. The van der Waals surface area contributed by atoms with Crippen molar-refractivity contribution in [3.8, 4) is 32.3 Å². The van der Waals surface area contributed by atoms with Gasteiger partial charge in [-0.05, 0) is 141 Å². The largest absolute Gasteiger partial charge is 0.310 e. The van der Waals surface area contributed by atoms with Crippen LogP contribution in [0, 0.1) is 0 Å². The molecule has 9 aromatic carbocycles. The predicted octanol–water partition coefficient (Wildman–Crippen LogP) is 14.8. The summed E-state index contributed by atoms with van der Waals surface area (Å²) in [5, 5.41) is 9.54. The van der Waals surface area contributed by atoms with Crippen LogP contribution in [0.3, 0.4) is 0 Å². The predicted molar refractivity (Wildman–Crippen MR) is 236 cm³/mol. The van der Waals surface area contributed by atoms with Crippen LogP contribution in [0.4, 0.5) is 17.1 Å². The summed E-state index contributed by atoms with van der Waals surface area (Å²) >= 11 is 3.46. The molecule has 258 valence electrons. The first kappa shape index (κ1) is 31.8. The minimum atomic E-state index is 1.03. The van der Waals surface area contributed by atoms with E-state index in [0.29, 0.717) is 0 Å². The van der Waals surface area contributed by atoms with Gasteiger partial charge in [0.05, 0.1) is 20.4 Å². The van der Waals surface area contributed by atoms with E-state index in [1.165, 1.54) is 52.8 Å². The first-order valence-electron chi connectivity index (χ1n) is 18.4. The van der Waals surface area contributed by atoms with Gasteiger partial charge in [0.2, 0.25) is 0 Å². The van der Waals surface area contributed by atoms with Gasteiger partial charge in [-0.1, -0.05) is 91.0 Å². The van der Waals surface area contributed by atoms with Gasteiger partial charge in [0, 0.05) is 28.2 Å². The first-order valence-corrected chi connectivity index (χ1v) is 20.0. The van der Waals surface area contributed by atoms with Crippen LogP contribution in [0.25, 0.3) is 85.0 Å². The summed E-state index contributed by atoms with van der Waals surface area (Å²) in [5.74, 6) is 0. The number of thiazole rings is 2. The average Bonchev–Trinajstić information content (AvgIpc) is 3.89. The molecule has 2 heterocycles. The van der Waals surface area contributed by atoms with Gasteiger partial charge < -0.3 is 4.90 Å². The van der Waals surface area contributed by atoms with Gasteiger partial charge in [-0.3, -0.25) is 0 Å². The van der Waals surface area contributed by atoms with E-state index in [0.717, 1.165) is 49.2 Å². The first-order chi connectivity index (χ1) is 27.2. The van der Waals surface area contributed by atoms with Gasteiger partial charge in [0.1, 0.15) is 10.0 Å². The van der Waals surface area contributed by atoms with Crippen molar-refractivity contribution in [1.82, 2.24) is 9.97 Å². The molecule has 0 N–H and O–H groups in total. The maximum absolute atomic E-state index is 4.92. The Morgan fingerprint density at radius 2 is 0.782 bits per heavy atom. The number of benzene rings is 9. The van der Waals surface area contributed by atoms with E-state index in [-0.39, 0.29) is 0 Å². The number of fused-ring (bicyclic) bond motifs is 6. The fraction of sp³-hybridized carbons (Fsp3) is 0. The molecule has 0 amide bonds. The summed E-state index contributed by atoms with van der Waals surface area (Å²) in [6, 6.07) is 67.8. The second kappa shape index (κ2) is 13.0. The third kappa shape index (κ3) is 5.73. The number of nitrogens with zero attached hydrogens (tertiary/aromatic N) is 3. The van der Waals surface area contributed by atoms with Gasteiger partial charge in [-0.25, -0.2) is 9.97 Å². The Bertz CT molecular complexity index is 3030. The van der Waals surface area contributed by atoms with Crippen molar-refractivity contribution in [3.63, 3.8) is 0 Å². The SMILES string of the molecule is c1ccc2c(c1)ccc1ccc(-c3ccc4cc(N(c5ccc(-c6nc7ccccc7s6)cc5)c5ccc(-c6nc7ccccc7s6)cc5)ccc4c3)cc12. The zero-order valence-electron chi connectivity index (χ0n) is 29.6. The minimum absolute atomic E-state index is 1.03. The lowest BCUT2D eigenvalue weighted by atomic mass is 9.96. The zero-order valence-corrected chi connectivity index (χ0v) is 31.2. The highest BCUT2D eigenvalue weighted by atomic mass is 32.1. The second-order valence-corrected chi connectivity index (χ2v) is 15.9. The van der Waals surface area contributed by atoms with Crippen molar-refractivity contribution in [1.29, 1.82) is 0 Å². The van der Waals surface area contributed by atoms with E-state index in [1.807, 2.05) is 12.1 Å². The van der Waals surface area contributed by atoms with Gasteiger partial charge >= 0.3 is 0 Å². The lowest BCUT2D eigenvalue weighted by Crippen LogP contribution is -2.09. The molecule has 0 radical (unpaired) electrons. The van der Waals surface area contributed by atoms with E-state index in [4.69, 9.17) is 9.97 Å². The van der Waals surface area contributed by atoms with Crippen LogP contribution in [-0.4, -0.2) is 9.97 Å². The summed E-state index contributed by atoms with van der Waals surface area (Å²) in [4.78, 5) is 12.2. The molecule has 3 nitrogen and oxygen atoms in total. The third-order valence-corrected chi connectivity index (χ3v) is 12.7. The van der Waals surface area contributed by atoms with Crippen LogP contribution in [0.15, 0.2) is 188 Å². The lowest BCUT2D eigenvalue weighted by Gasteiger charge is -2.26. The molecule has 0 atom stereocenters. The van der Waals surface area contributed by atoms with E-state index in [9.17, 15) is 0 Å². The molecule has 11 rings (SSSR count). The lowest BCUT2D eigenvalue weighted by molar-refractivity contribution is 1.29. The molecule has 0 bridgehead atoms. The molecule has 0 saturated carbocycles. The highest BCUT2D eigenvalue weighted by Crippen LogP contribution is 2.40. The van der Waals surface area contributed by atoms with Crippen LogP contribution >= 0.6 is 22.7 Å². The summed E-state index contributed by atoms with van der Waals surface area (Å²) in [7, 11) is 0. The Morgan fingerprint density at radius 3 is 1.42 bits per heavy atom. The van der Waals surface area contributed by atoms with Gasteiger partial charge in [-0.15, -0.1) is 22.7 Å². The van der Waals surface area contributed by atoms with Crippen LogP contribution in [0.2, 0.25) is 0 Å². The van der Waals surface area contributed by atoms with Crippen LogP contribution in [0.5, 0.6) is 0 Å². The molecule has 5 heteroatoms. The number of aromatic nitrogens is 2. The van der Waals surface area contributed by atoms with Gasteiger partial charge in [0.15, 0.2) is 0 Å². The zero-order chi connectivity index (χ0) is 36.3. The Labute approximate surface area is 326 Å². The Morgan fingerprint density at radius 1 is 0.327 bits per heavy atom. The quantitative estimate of drug-likeness (QED) is 0.159. The van der Waals surface area contributed by atoms with Crippen LogP contribution in [-0.2, 0) is 0 Å². The topological polar surface area (TPSA) is 29.0 Å². The molecule has 0 aliphatic carbocycles. The molecule has 0 spiro atoms. The normalized spacial score (nSPS) is 11.6. The smallest absolute Gasteiger partial charge is 0.124 e. The summed E-state index contributed by atoms with van der Waals surface area (Å²) in [6.45, 7) is 0. The van der Waals surface area contributed by atoms with E-state index in [2.05, 4.69) is 181 Å². The number of anilines is 3. The molecule has 0 unspecified atom stereocenters. The van der Waals surface area contributed by atoms with E-state index < -0.39 is 0 Å². The van der Waals surface area contributed by atoms with E-state index in [1.54, 1.807) is 22.7 Å². The monoisotopic (exact) mass is 737 g/mol. The van der Waals surface area contributed by atoms with Crippen molar-refractivity contribution < 1.29 is 0 Å². The standard InChI is InChI=1S/C50H31N3S2/c1-2-8-43-32(7-1)13-14-33-15-16-39(31-44(33)43)36-17-18-38-30-42(28-23-37(38)29-36)53(40-24-19-34(20-25-40)49-51-45-9-3-5-11-47(45)54-49)41-26-21-35(22-27-41)50-52-46-10-4-6-12-48(46)55-50/h1-31H. The van der Waals surface area contributed by atoms with Crippen molar-refractivity contribution in [2.24, 2.45) is 0 Å². The average molecular weight is 738 g/mol. The molecule has 0 aliphatic rings. The van der Waals surface area contributed by atoms with E-state index >= 15 is 0 Å². The molecule has 55 heavy (non-hydrogen) atoms. The Balaban J connectivity index is 0.978. The molecular formula is C50H31N3S2. The molecular weight excluding hydrogens is 707 g/mol. The fourth-order valence-electron chi connectivity index (χ4n) is 7.68. The fourth-order valence-corrected chi connectivity index (χ4v) is 9.62. The number of para-hydroxylation sites is 2. The molecule has 0 saturated heterocycles. The minimum Gasteiger partial charge on any atom is -0.310 e. The summed E-state index contributed by atoms with van der Waals surface area (Å²) < 4.78 is 2.40. The van der Waals surface area contributed by atoms with Crippen molar-refractivity contribution >= 4 is 92.5 Å². The second-order valence-electron chi connectivity index (χ2n) is 13.9. The maximum atomic E-state index is 4.92. The highest BCUT2D eigenvalue weighted by Gasteiger charge is 2.16.